The van der Waals surface area contributed by atoms with Crippen LogP contribution in [0.4, 0.5) is 0 Å². The molecule has 1 nitrogen and oxygen atoms in total. The SMILES string of the molecule is C=C/C=C(\C=C)C(C)(C)CC(C)(C)CO/C=C/C(C)(C)CC(C)(C)c1ccccc1.CC.CC. The van der Waals surface area contributed by atoms with Crippen molar-refractivity contribution in [2.45, 2.75) is 101 Å². The van der Waals surface area contributed by atoms with Crippen LogP contribution in [0.3, 0.4) is 0 Å². The predicted molar refractivity (Wildman–Crippen MR) is 156 cm³/mol. The Bertz CT molecular complexity index is 742. The molecule has 1 aromatic carbocycles. The molecule has 0 bridgehead atoms. The van der Waals surface area contributed by atoms with E-state index in [1.165, 1.54) is 11.1 Å². The van der Waals surface area contributed by atoms with Gasteiger partial charge in [0.15, 0.2) is 0 Å². The molecule has 0 atom stereocenters. The van der Waals surface area contributed by atoms with Crippen LogP contribution in [0, 0.1) is 16.2 Å². The third-order valence-corrected chi connectivity index (χ3v) is 5.76. The van der Waals surface area contributed by atoms with Gasteiger partial charge in [-0.1, -0.05) is 145 Å². The molecule has 0 fully saturated rings. The number of hydrogen-bond acceptors (Lipinski definition) is 1. The second kappa shape index (κ2) is 15.8. The number of hydrogen-bond donors (Lipinski definition) is 0. The minimum Gasteiger partial charge on any atom is -0.501 e. The smallest absolute Gasteiger partial charge is 0.0924 e. The monoisotopic (exact) mass is 468 g/mol. The lowest BCUT2D eigenvalue weighted by atomic mass is 9.71. The van der Waals surface area contributed by atoms with E-state index in [1.807, 2.05) is 46.1 Å². The van der Waals surface area contributed by atoms with E-state index in [0.29, 0.717) is 6.61 Å². The van der Waals surface area contributed by atoms with Crippen LogP contribution in [0.5, 0.6) is 0 Å². The zero-order valence-corrected chi connectivity index (χ0v) is 24.7. The summed E-state index contributed by atoms with van der Waals surface area (Å²) < 4.78 is 6.03. The van der Waals surface area contributed by atoms with Gasteiger partial charge in [0.2, 0.25) is 0 Å². The van der Waals surface area contributed by atoms with Gasteiger partial charge in [0.1, 0.15) is 0 Å². The van der Waals surface area contributed by atoms with Crippen LogP contribution in [0.25, 0.3) is 0 Å². The first kappa shape index (κ1) is 34.1. The quantitative estimate of drug-likeness (QED) is 0.219. The van der Waals surface area contributed by atoms with E-state index in [0.717, 1.165) is 12.8 Å². The van der Waals surface area contributed by atoms with Crippen molar-refractivity contribution in [3.05, 3.63) is 85.2 Å². The van der Waals surface area contributed by atoms with E-state index in [-0.39, 0.29) is 21.7 Å². The average Bonchev–Trinajstić information content (AvgIpc) is 2.77. The molecule has 0 unspecified atom stereocenters. The molecule has 0 saturated carbocycles. The molecule has 1 heteroatoms. The highest BCUT2D eigenvalue weighted by atomic mass is 16.5. The molecule has 0 amide bonds. The van der Waals surface area contributed by atoms with Gasteiger partial charge in [-0.15, -0.1) is 0 Å². The van der Waals surface area contributed by atoms with Crippen LogP contribution in [0.15, 0.2) is 79.6 Å². The summed E-state index contributed by atoms with van der Waals surface area (Å²) in [6.45, 7) is 34.7. The molecule has 1 aromatic rings. The highest BCUT2D eigenvalue weighted by Crippen LogP contribution is 2.40. The van der Waals surface area contributed by atoms with Gasteiger partial charge in [0.05, 0.1) is 12.9 Å². The van der Waals surface area contributed by atoms with Crippen molar-refractivity contribution in [3.8, 4) is 0 Å². The summed E-state index contributed by atoms with van der Waals surface area (Å²) in [6, 6.07) is 10.8. The topological polar surface area (TPSA) is 9.23 Å². The molecule has 0 aliphatic carbocycles. The Hall–Kier alpha value is -2.02. The van der Waals surface area contributed by atoms with E-state index in [1.54, 1.807) is 0 Å². The average molecular weight is 469 g/mol. The van der Waals surface area contributed by atoms with E-state index < -0.39 is 0 Å². The number of ether oxygens (including phenoxy) is 1. The first-order chi connectivity index (χ1) is 15.7. The Balaban J connectivity index is 0. The Labute approximate surface area is 214 Å². The van der Waals surface area contributed by atoms with Crippen LogP contribution < -0.4 is 0 Å². The summed E-state index contributed by atoms with van der Waals surface area (Å²) in [5.41, 5.74) is 2.81. The van der Waals surface area contributed by atoms with Crippen molar-refractivity contribution in [1.29, 1.82) is 0 Å². The Morgan fingerprint density at radius 1 is 0.824 bits per heavy atom. The van der Waals surface area contributed by atoms with Gasteiger partial charge in [-0.3, -0.25) is 0 Å². The fraction of sp³-hybridized carbons (Fsp3) is 0.576. The second-order valence-electron chi connectivity index (χ2n) is 11.3. The lowest BCUT2D eigenvalue weighted by Crippen LogP contribution is -2.28. The van der Waals surface area contributed by atoms with Crippen molar-refractivity contribution >= 4 is 0 Å². The van der Waals surface area contributed by atoms with E-state index in [4.69, 9.17) is 4.74 Å². The van der Waals surface area contributed by atoms with E-state index in [2.05, 4.69) is 111 Å². The maximum Gasteiger partial charge on any atom is 0.0924 e. The molecule has 0 aliphatic rings. The third-order valence-electron chi connectivity index (χ3n) is 5.76. The maximum atomic E-state index is 6.03. The van der Waals surface area contributed by atoms with Gasteiger partial charge in [-0.25, -0.2) is 0 Å². The second-order valence-corrected chi connectivity index (χ2v) is 11.3. The highest BCUT2D eigenvalue weighted by Gasteiger charge is 2.31. The zero-order valence-electron chi connectivity index (χ0n) is 24.7. The lowest BCUT2D eigenvalue weighted by Gasteiger charge is -2.36. The van der Waals surface area contributed by atoms with Crippen LogP contribution in [0.1, 0.15) is 101 Å². The molecule has 0 spiro atoms. The highest BCUT2D eigenvalue weighted by molar-refractivity contribution is 5.28. The first-order valence-electron chi connectivity index (χ1n) is 13.1. The molecule has 0 aromatic heterocycles. The third kappa shape index (κ3) is 13.0. The van der Waals surface area contributed by atoms with Crippen molar-refractivity contribution in [3.63, 3.8) is 0 Å². The molecule has 0 N–H and O–H groups in total. The van der Waals surface area contributed by atoms with E-state index >= 15 is 0 Å². The van der Waals surface area contributed by atoms with Crippen LogP contribution in [-0.4, -0.2) is 6.61 Å². The maximum absolute atomic E-state index is 6.03. The standard InChI is InChI=1S/C29H44O.2C2H6/c1-11-16-24(12-2)28(7,8)22-27(5,6)23-30-20-19-26(3,4)21-29(9,10)25-17-14-13-15-18-25;2*1-2/h11-20H,1-2,21-23H2,3-10H3;2*1-2H3/b20-19+,24-16+;;. The molecular weight excluding hydrogens is 412 g/mol. The summed E-state index contributed by atoms with van der Waals surface area (Å²) in [6.07, 6.45) is 12.0. The lowest BCUT2D eigenvalue weighted by molar-refractivity contribution is 0.0997. The van der Waals surface area contributed by atoms with E-state index in [9.17, 15) is 0 Å². The summed E-state index contributed by atoms with van der Waals surface area (Å²) in [4.78, 5) is 0. The Morgan fingerprint density at radius 3 is 1.82 bits per heavy atom. The van der Waals surface area contributed by atoms with Crippen molar-refractivity contribution < 1.29 is 4.74 Å². The fourth-order valence-electron chi connectivity index (χ4n) is 4.74. The van der Waals surface area contributed by atoms with Crippen LogP contribution >= 0.6 is 0 Å². The summed E-state index contributed by atoms with van der Waals surface area (Å²) in [7, 11) is 0. The largest absolute Gasteiger partial charge is 0.501 e. The molecule has 0 saturated heterocycles. The first-order valence-corrected chi connectivity index (χ1v) is 13.1. The summed E-state index contributed by atoms with van der Waals surface area (Å²) >= 11 is 0. The molecule has 1 rings (SSSR count). The van der Waals surface area contributed by atoms with Crippen molar-refractivity contribution in [1.82, 2.24) is 0 Å². The van der Waals surface area contributed by atoms with Crippen LogP contribution in [0.2, 0.25) is 0 Å². The molecule has 34 heavy (non-hydrogen) atoms. The Morgan fingerprint density at radius 2 is 1.35 bits per heavy atom. The number of allylic oxidation sites excluding steroid dienone is 5. The Kier molecular flexibility index (Phi) is 15.9. The fourth-order valence-corrected chi connectivity index (χ4v) is 4.74. The summed E-state index contributed by atoms with van der Waals surface area (Å²) in [5, 5.41) is 0. The van der Waals surface area contributed by atoms with Crippen molar-refractivity contribution in [2.75, 3.05) is 6.61 Å². The molecule has 0 heterocycles. The minimum atomic E-state index is 0.0193. The zero-order chi connectivity index (χ0) is 27.1. The number of rotatable bonds is 12. The van der Waals surface area contributed by atoms with Gasteiger partial charge < -0.3 is 4.74 Å². The van der Waals surface area contributed by atoms with Gasteiger partial charge in [-0.2, -0.15) is 0 Å². The molecular formula is C33H56O. The van der Waals surface area contributed by atoms with Gasteiger partial charge >= 0.3 is 0 Å². The van der Waals surface area contributed by atoms with Gasteiger partial charge in [-0.05, 0) is 51.7 Å². The molecule has 194 valence electrons. The van der Waals surface area contributed by atoms with Gasteiger partial charge in [0.25, 0.3) is 0 Å². The normalized spacial score (nSPS) is 12.8. The summed E-state index contributed by atoms with van der Waals surface area (Å²) in [5.74, 6) is 0. The predicted octanol–water partition coefficient (Wildman–Crippen LogP) is 10.7. The number of benzene rings is 1. The van der Waals surface area contributed by atoms with Crippen molar-refractivity contribution in [2.24, 2.45) is 16.2 Å². The molecule has 0 radical (unpaired) electrons. The minimum absolute atomic E-state index is 0.0193. The molecule has 0 aliphatic heterocycles. The van der Waals surface area contributed by atoms with Crippen LogP contribution in [-0.2, 0) is 10.2 Å². The van der Waals surface area contributed by atoms with Gasteiger partial charge in [0, 0.05) is 0 Å².